The fourth-order valence-corrected chi connectivity index (χ4v) is 2.66. The molecule has 0 bridgehead atoms. The van der Waals surface area contributed by atoms with Crippen molar-refractivity contribution in [2.75, 3.05) is 5.32 Å². The lowest BCUT2D eigenvalue weighted by Gasteiger charge is -2.10. The van der Waals surface area contributed by atoms with Gasteiger partial charge < -0.3 is 15.0 Å². The Bertz CT molecular complexity index is 1310. The molecular formula is C22H14F3N3O4. The number of carboxylic acids is 1. The maximum Gasteiger partial charge on any atom is 0.335 e. The summed E-state index contributed by atoms with van der Waals surface area (Å²) in [6.07, 6.45) is -0.645. The van der Waals surface area contributed by atoms with E-state index in [1.165, 1.54) is 36.5 Å². The van der Waals surface area contributed by atoms with Gasteiger partial charge in [0.2, 0.25) is 0 Å². The Morgan fingerprint density at radius 1 is 1.12 bits per heavy atom. The van der Waals surface area contributed by atoms with Crippen molar-refractivity contribution in [3.8, 4) is 11.8 Å². The molecule has 0 saturated carbocycles. The van der Waals surface area contributed by atoms with Crippen LogP contribution in [-0.4, -0.2) is 33.0 Å². The molecule has 0 spiro atoms. The average molecular weight is 441 g/mol. The molecule has 3 rings (SSSR count). The van der Waals surface area contributed by atoms with Crippen LogP contribution in [0.1, 0.15) is 32.0 Å². The highest BCUT2D eigenvalue weighted by Gasteiger charge is 2.13. The molecule has 0 saturated heterocycles. The fraction of sp³-hybridized carbons (Fsp3) is 0.0909. The van der Waals surface area contributed by atoms with Crippen LogP contribution in [0.3, 0.4) is 0 Å². The van der Waals surface area contributed by atoms with Gasteiger partial charge in [0, 0.05) is 29.6 Å². The lowest BCUT2D eigenvalue weighted by Crippen LogP contribution is -2.26. The Labute approximate surface area is 179 Å². The maximum atomic E-state index is 13.8. The van der Waals surface area contributed by atoms with Crippen LogP contribution in [0, 0.1) is 17.7 Å². The summed E-state index contributed by atoms with van der Waals surface area (Å²) >= 11 is 0. The number of hydrogen-bond donors (Lipinski definition) is 2. The summed E-state index contributed by atoms with van der Waals surface area (Å²) in [5, 5.41) is 11.4. The minimum absolute atomic E-state index is 0.0679. The second-order valence-electron chi connectivity index (χ2n) is 6.45. The number of pyridine rings is 2. The van der Waals surface area contributed by atoms with E-state index in [1.54, 1.807) is 6.07 Å². The van der Waals surface area contributed by atoms with E-state index in [2.05, 4.69) is 22.1 Å². The molecule has 3 aromatic rings. The molecule has 0 radical (unpaired) electrons. The van der Waals surface area contributed by atoms with Crippen molar-refractivity contribution >= 4 is 17.6 Å². The number of carbonyl (C=O) groups is 2. The van der Waals surface area contributed by atoms with E-state index in [0.29, 0.717) is 10.1 Å². The summed E-state index contributed by atoms with van der Waals surface area (Å²) < 4.78 is 39.4. The second kappa shape index (κ2) is 9.61. The molecule has 162 valence electrons. The molecule has 0 aliphatic heterocycles. The van der Waals surface area contributed by atoms with E-state index >= 15 is 0 Å². The highest BCUT2D eigenvalue weighted by molar-refractivity contribution is 6.04. The summed E-state index contributed by atoms with van der Waals surface area (Å²) in [6, 6.07) is 9.39. The number of nitrogens with zero attached hydrogens (tertiary/aromatic N) is 2. The van der Waals surface area contributed by atoms with Crippen molar-refractivity contribution in [2.24, 2.45) is 0 Å². The van der Waals surface area contributed by atoms with Crippen molar-refractivity contribution in [2.45, 2.75) is 13.0 Å². The van der Waals surface area contributed by atoms with E-state index < -0.39 is 36.2 Å². The van der Waals surface area contributed by atoms with Crippen molar-refractivity contribution < 1.29 is 27.9 Å². The van der Waals surface area contributed by atoms with Gasteiger partial charge in [0.1, 0.15) is 5.69 Å². The first kappa shape index (κ1) is 22.3. The summed E-state index contributed by atoms with van der Waals surface area (Å²) in [5.41, 5.74) is -0.612. The minimum atomic E-state index is -2.88. The number of alkyl halides is 2. The number of rotatable bonds is 5. The van der Waals surface area contributed by atoms with E-state index in [1.807, 2.05) is 0 Å². The van der Waals surface area contributed by atoms with Crippen LogP contribution in [-0.2, 0) is 6.54 Å². The lowest BCUT2D eigenvalue weighted by molar-refractivity contribution is 0.0696. The Hall–Kier alpha value is -4.39. The molecule has 32 heavy (non-hydrogen) atoms. The molecule has 10 heteroatoms. The normalized spacial score (nSPS) is 10.4. The zero-order valence-electron chi connectivity index (χ0n) is 16.2. The van der Waals surface area contributed by atoms with Crippen LogP contribution in [0.4, 0.5) is 18.9 Å². The van der Waals surface area contributed by atoms with Crippen LogP contribution in [0.15, 0.2) is 59.7 Å². The molecule has 0 atom stereocenters. The Morgan fingerprint density at radius 2 is 1.91 bits per heavy atom. The fourth-order valence-electron chi connectivity index (χ4n) is 2.66. The summed E-state index contributed by atoms with van der Waals surface area (Å²) in [4.78, 5) is 39.1. The molecule has 0 fully saturated rings. The van der Waals surface area contributed by atoms with E-state index in [9.17, 15) is 27.6 Å². The number of nitrogens with one attached hydrogen (secondary N) is 1. The Kier molecular flexibility index (Phi) is 6.70. The van der Waals surface area contributed by atoms with Crippen LogP contribution in [0.2, 0.25) is 0 Å². The number of hydrogen-bond acceptors (Lipinski definition) is 4. The molecule has 0 aliphatic carbocycles. The third-order valence-electron chi connectivity index (χ3n) is 4.10. The standard InChI is InChI=1S/C22H14F3N3O4/c23-18-10-17(11-28(21(18)30)12-19(24)25)27-20(29)14-6-7-26-16(9-14)5-4-13-2-1-3-15(8-13)22(31)32/h1-3,6-11,19H,12H2,(H,27,29)(H,31,32). The van der Waals surface area contributed by atoms with Crippen molar-refractivity contribution in [1.29, 1.82) is 0 Å². The van der Waals surface area contributed by atoms with E-state index in [0.717, 1.165) is 12.3 Å². The zero-order valence-corrected chi connectivity index (χ0v) is 16.2. The van der Waals surface area contributed by atoms with Gasteiger partial charge in [-0.3, -0.25) is 9.59 Å². The lowest BCUT2D eigenvalue weighted by atomic mass is 10.1. The largest absolute Gasteiger partial charge is 0.478 e. The predicted octanol–water partition coefficient (Wildman–Crippen LogP) is 3.00. The van der Waals surface area contributed by atoms with Crippen molar-refractivity contribution in [1.82, 2.24) is 9.55 Å². The highest BCUT2D eigenvalue weighted by Crippen LogP contribution is 2.11. The molecule has 2 aromatic heterocycles. The molecule has 0 aliphatic rings. The van der Waals surface area contributed by atoms with Crippen molar-refractivity contribution in [3.63, 3.8) is 0 Å². The first-order valence-corrected chi connectivity index (χ1v) is 9.04. The van der Waals surface area contributed by atoms with Gasteiger partial charge in [-0.25, -0.2) is 22.9 Å². The summed E-state index contributed by atoms with van der Waals surface area (Å²) in [5.74, 6) is 2.37. The monoisotopic (exact) mass is 441 g/mol. The summed E-state index contributed by atoms with van der Waals surface area (Å²) in [6.45, 7) is -1.02. The smallest absolute Gasteiger partial charge is 0.335 e. The van der Waals surface area contributed by atoms with E-state index in [-0.39, 0.29) is 22.5 Å². The number of halogens is 3. The van der Waals surface area contributed by atoms with Gasteiger partial charge in [0.25, 0.3) is 17.9 Å². The molecule has 7 nitrogen and oxygen atoms in total. The van der Waals surface area contributed by atoms with Gasteiger partial charge in [0.05, 0.1) is 17.8 Å². The topological polar surface area (TPSA) is 101 Å². The first-order valence-electron chi connectivity index (χ1n) is 9.04. The summed E-state index contributed by atoms with van der Waals surface area (Å²) in [7, 11) is 0. The molecular weight excluding hydrogens is 427 g/mol. The van der Waals surface area contributed by atoms with Crippen LogP contribution in [0.5, 0.6) is 0 Å². The number of benzene rings is 1. The van der Waals surface area contributed by atoms with Gasteiger partial charge in [-0.1, -0.05) is 12.0 Å². The van der Waals surface area contributed by atoms with E-state index in [4.69, 9.17) is 5.11 Å². The predicted molar refractivity (Wildman–Crippen MR) is 108 cm³/mol. The number of aromatic nitrogens is 2. The molecule has 2 heterocycles. The van der Waals surface area contributed by atoms with Crippen LogP contribution >= 0.6 is 0 Å². The SMILES string of the molecule is O=C(O)c1cccc(C#Cc2cc(C(=O)Nc3cc(F)c(=O)n(CC(F)F)c3)ccn2)c1. The molecule has 1 amide bonds. The third kappa shape index (κ3) is 5.60. The molecule has 0 unspecified atom stereocenters. The highest BCUT2D eigenvalue weighted by atomic mass is 19.3. The zero-order chi connectivity index (χ0) is 23.3. The Balaban J connectivity index is 1.81. The number of amides is 1. The first-order chi connectivity index (χ1) is 15.2. The third-order valence-corrected chi connectivity index (χ3v) is 4.10. The maximum absolute atomic E-state index is 13.8. The van der Waals surface area contributed by atoms with Gasteiger partial charge in [-0.15, -0.1) is 0 Å². The van der Waals surface area contributed by atoms with Crippen molar-refractivity contribution in [3.05, 3.63) is 93.4 Å². The number of carboxylic acid groups (broad SMARTS) is 1. The number of carbonyl (C=O) groups excluding carboxylic acids is 1. The van der Waals surface area contributed by atoms with Gasteiger partial charge >= 0.3 is 5.97 Å². The van der Waals surface area contributed by atoms with Crippen LogP contribution in [0.25, 0.3) is 0 Å². The number of anilines is 1. The minimum Gasteiger partial charge on any atom is -0.478 e. The van der Waals surface area contributed by atoms with Crippen LogP contribution < -0.4 is 10.9 Å². The van der Waals surface area contributed by atoms with Gasteiger partial charge in [-0.05, 0) is 36.3 Å². The quantitative estimate of drug-likeness (QED) is 0.593. The second-order valence-corrected chi connectivity index (χ2v) is 6.45. The van der Waals surface area contributed by atoms with Gasteiger partial charge in [-0.2, -0.15) is 0 Å². The number of aromatic carboxylic acids is 1. The Morgan fingerprint density at radius 3 is 2.62 bits per heavy atom. The molecule has 1 aromatic carbocycles. The molecule has 2 N–H and O–H groups in total. The average Bonchev–Trinajstić information content (AvgIpc) is 2.75. The van der Waals surface area contributed by atoms with Gasteiger partial charge in [0.15, 0.2) is 5.82 Å².